The Hall–Kier alpha value is -2.14. The summed E-state index contributed by atoms with van der Waals surface area (Å²) in [5, 5.41) is 4.61. The van der Waals surface area contributed by atoms with Crippen LogP contribution in [0.3, 0.4) is 0 Å². The van der Waals surface area contributed by atoms with E-state index in [1.54, 1.807) is 6.08 Å². The molecule has 2 aromatic heterocycles. The lowest BCUT2D eigenvalue weighted by molar-refractivity contribution is 0.310. The number of aromatic nitrogens is 3. The summed E-state index contributed by atoms with van der Waals surface area (Å²) in [5.41, 5.74) is 3.88. The molecule has 110 valence electrons. The number of aryl methyl sites for hydroxylation is 1. The van der Waals surface area contributed by atoms with Gasteiger partial charge in [-0.1, -0.05) is 19.2 Å². The number of hydrogen-bond acceptors (Lipinski definition) is 4. The molecule has 1 fully saturated rings. The van der Waals surface area contributed by atoms with E-state index in [4.69, 9.17) is 4.98 Å². The van der Waals surface area contributed by atoms with E-state index in [0.717, 1.165) is 54.6 Å². The molecular formula is C16H21N5. The molecule has 1 aliphatic rings. The fourth-order valence-corrected chi connectivity index (χ4v) is 2.77. The molecule has 3 rings (SSSR count). The summed E-state index contributed by atoms with van der Waals surface area (Å²) in [5.74, 6) is 0.895. The normalized spacial score (nSPS) is 16.4. The summed E-state index contributed by atoms with van der Waals surface area (Å²) in [4.78, 5) is 9.39. The van der Waals surface area contributed by atoms with Crippen LogP contribution in [0.2, 0.25) is 0 Å². The van der Waals surface area contributed by atoms with E-state index >= 15 is 0 Å². The average molecular weight is 283 g/mol. The minimum atomic E-state index is 0.867. The van der Waals surface area contributed by atoms with Crippen LogP contribution in [0.4, 0.5) is 5.95 Å². The summed E-state index contributed by atoms with van der Waals surface area (Å²) < 4.78 is 1.94. The number of nitrogens with zero attached hydrogens (tertiary/aromatic N) is 5. The fraction of sp³-hybridized carbons (Fsp3) is 0.375. The Morgan fingerprint density at radius 1 is 1.14 bits per heavy atom. The first-order valence-corrected chi connectivity index (χ1v) is 7.22. The van der Waals surface area contributed by atoms with E-state index < -0.39 is 0 Å². The predicted octanol–water partition coefficient (Wildman–Crippen LogP) is 2.08. The predicted molar refractivity (Wildman–Crippen MR) is 87.6 cm³/mol. The highest BCUT2D eigenvalue weighted by Gasteiger charge is 2.20. The molecule has 0 atom stereocenters. The van der Waals surface area contributed by atoms with Crippen LogP contribution in [0.15, 0.2) is 19.2 Å². The van der Waals surface area contributed by atoms with Crippen molar-refractivity contribution in [3.63, 3.8) is 0 Å². The van der Waals surface area contributed by atoms with Gasteiger partial charge in [0, 0.05) is 31.7 Å². The van der Waals surface area contributed by atoms with E-state index in [2.05, 4.69) is 41.2 Å². The molecule has 21 heavy (non-hydrogen) atoms. The molecule has 0 bridgehead atoms. The van der Waals surface area contributed by atoms with Gasteiger partial charge >= 0.3 is 0 Å². The van der Waals surface area contributed by atoms with Crippen LogP contribution in [-0.2, 0) is 0 Å². The fourth-order valence-electron chi connectivity index (χ4n) is 2.77. The molecule has 2 aromatic rings. The Morgan fingerprint density at radius 3 is 2.48 bits per heavy atom. The SMILES string of the molecule is C=Cc1nc(N2CCN(C)CC2)n2nc(C)cc2c1C=C. The van der Waals surface area contributed by atoms with E-state index in [0.29, 0.717) is 0 Å². The van der Waals surface area contributed by atoms with Crippen LogP contribution < -0.4 is 4.90 Å². The van der Waals surface area contributed by atoms with Gasteiger partial charge in [-0.05, 0) is 26.1 Å². The van der Waals surface area contributed by atoms with Crippen molar-refractivity contribution in [1.29, 1.82) is 0 Å². The highest BCUT2D eigenvalue weighted by Crippen LogP contribution is 2.24. The van der Waals surface area contributed by atoms with Gasteiger partial charge in [-0.2, -0.15) is 9.61 Å². The minimum absolute atomic E-state index is 0.867. The Morgan fingerprint density at radius 2 is 1.86 bits per heavy atom. The van der Waals surface area contributed by atoms with Gasteiger partial charge in [0.05, 0.1) is 16.9 Å². The molecule has 1 aliphatic heterocycles. The van der Waals surface area contributed by atoms with Crippen molar-refractivity contribution in [3.8, 4) is 0 Å². The van der Waals surface area contributed by atoms with Gasteiger partial charge in [-0.3, -0.25) is 0 Å². The highest BCUT2D eigenvalue weighted by molar-refractivity contribution is 5.77. The van der Waals surface area contributed by atoms with Gasteiger partial charge in [0.15, 0.2) is 0 Å². The molecule has 0 amide bonds. The van der Waals surface area contributed by atoms with Crippen LogP contribution in [0.1, 0.15) is 17.0 Å². The third-order valence-electron chi connectivity index (χ3n) is 3.98. The van der Waals surface area contributed by atoms with E-state index in [1.165, 1.54) is 0 Å². The van der Waals surface area contributed by atoms with Crippen molar-refractivity contribution < 1.29 is 0 Å². The molecule has 0 saturated carbocycles. The maximum atomic E-state index is 4.77. The molecule has 5 heteroatoms. The molecule has 0 radical (unpaired) electrons. The first kappa shape index (κ1) is 13.8. The smallest absolute Gasteiger partial charge is 0.227 e. The second-order valence-corrected chi connectivity index (χ2v) is 5.49. The molecule has 5 nitrogen and oxygen atoms in total. The van der Waals surface area contributed by atoms with Crippen molar-refractivity contribution in [3.05, 3.63) is 36.2 Å². The first-order chi connectivity index (χ1) is 10.1. The van der Waals surface area contributed by atoms with Gasteiger partial charge in [-0.25, -0.2) is 4.98 Å². The summed E-state index contributed by atoms with van der Waals surface area (Å²) >= 11 is 0. The molecule has 0 unspecified atom stereocenters. The van der Waals surface area contributed by atoms with Crippen molar-refractivity contribution in [2.75, 3.05) is 38.1 Å². The lowest BCUT2D eigenvalue weighted by Gasteiger charge is -2.33. The van der Waals surface area contributed by atoms with Gasteiger partial charge in [0.25, 0.3) is 0 Å². The van der Waals surface area contributed by atoms with E-state index in [1.807, 2.05) is 17.5 Å². The zero-order chi connectivity index (χ0) is 15.0. The highest BCUT2D eigenvalue weighted by atomic mass is 15.4. The van der Waals surface area contributed by atoms with E-state index in [9.17, 15) is 0 Å². The first-order valence-electron chi connectivity index (χ1n) is 7.22. The van der Waals surface area contributed by atoms with E-state index in [-0.39, 0.29) is 0 Å². The molecule has 0 spiro atoms. The quantitative estimate of drug-likeness (QED) is 0.864. The van der Waals surface area contributed by atoms with Crippen LogP contribution >= 0.6 is 0 Å². The number of likely N-dealkylation sites (N-methyl/N-ethyl adjacent to an activating group) is 1. The second kappa shape index (κ2) is 5.33. The van der Waals surface area contributed by atoms with Crippen LogP contribution in [0.25, 0.3) is 17.7 Å². The lowest BCUT2D eigenvalue weighted by Crippen LogP contribution is -2.45. The third-order valence-corrected chi connectivity index (χ3v) is 3.98. The Kier molecular flexibility index (Phi) is 3.51. The number of fused-ring (bicyclic) bond motifs is 1. The van der Waals surface area contributed by atoms with Crippen LogP contribution in [0, 0.1) is 6.92 Å². The molecule has 0 aromatic carbocycles. The Bertz CT molecular complexity index is 692. The Labute approximate surface area is 125 Å². The molecule has 3 heterocycles. The third kappa shape index (κ3) is 2.34. The van der Waals surface area contributed by atoms with Crippen molar-refractivity contribution in [2.24, 2.45) is 0 Å². The van der Waals surface area contributed by atoms with Crippen LogP contribution in [-0.4, -0.2) is 52.7 Å². The summed E-state index contributed by atoms with van der Waals surface area (Å²) in [6.45, 7) is 13.8. The number of rotatable bonds is 3. The zero-order valence-corrected chi connectivity index (χ0v) is 12.7. The maximum absolute atomic E-state index is 4.77. The summed E-state index contributed by atoms with van der Waals surface area (Å²) in [6.07, 6.45) is 3.62. The average Bonchev–Trinajstić information content (AvgIpc) is 2.87. The second-order valence-electron chi connectivity index (χ2n) is 5.49. The van der Waals surface area contributed by atoms with Crippen LogP contribution in [0.5, 0.6) is 0 Å². The molecule has 0 aliphatic carbocycles. The monoisotopic (exact) mass is 283 g/mol. The lowest BCUT2D eigenvalue weighted by atomic mass is 10.1. The topological polar surface area (TPSA) is 36.7 Å². The number of anilines is 1. The molecular weight excluding hydrogens is 262 g/mol. The summed E-state index contributed by atoms with van der Waals surface area (Å²) in [7, 11) is 2.15. The largest absolute Gasteiger partial charge is 0.338 e. The Balaban J connectivity index is 2.17. The van der Waals surface area contributed by atoms with Gasteiger partial charge in [-0.15, -0.1) is 0 Å². The van der Waals surface area contributed by atoms with Crippen molar-refractivity contribution >= 4 is 23.6 Å². The maximum Gasteiger partial charge on any atom is 0.227 e. The summed E-state index contributed by atoms with van der Waals surface area (Å²) in [6, 6.07) is 2.07. The number of piperazine rings is 1. The van der Waals surface area contributed by atoms with Gasteiger partial charge in [0.1, 0.15) is 0 Å². The van der Waals surface area contributed by atoms with Crippen molar-refractivity contribution in [2.45, 2.75) is 6.92 Å². The number of hydrogen-bond donors (Lipinski definition) is 0. The van der Waals surface area contributed by atoms with Gasteiger partial charge in [0.2, 0.25) is 5.95 Å². The van der Waals surface area contributed by atoms with Gasteiger partial charge < -0.3 is 9.80 Å². The van der Waals surface area contributed by atoms with Crippen molar-refractivity contribution in [1.82, 2.24) is 19.5 Å². The standard InChI is InChI=1S/C16H21N5/c1-5-13-14(6-2)17-16(20-9-7-19(4)8-10-20)21-15(13)11-12(3)18-21/h5-6,11H,1-2,7-10H2,3-4H3. The minimum Gasteiger partial charge on any atom is -0.338 e. The molecule has 1 saturated heterocycles. The molecule has 0 N–H and O–H groups in total. The zero-order valence-electron chi connectivity index (χ0n) is 12.7.